The topological polar surface area (TPSA) is 72.8 Å². The maximum absolute atomic E-state index is 14.3. The first-order valence-electron chi connectivity index (χ1n) is 10.7. The summed E-state index contributed by atoms with van der Waals surface area (Å²) in [5.41, 5.74) is 1.79. The number of rotatable bonds is 7. The largest absolute Gasteiger partial charge is 0.478 e. The SMILES string of the molecule is Cc1cc(Oc2cc(F)cc(CC3Cc4ccccc4C3=O)c2)ccc1OC(C)(C)C(=O)O. The van der Waals surface area contributed by atoms with E-state index < -0.39 is 17.4 Å². The van der Waals surface area contributed by atoms with Crippen LogP contribution in [0.25, 0.3) is 0 Å². The zero-order valence-electron chi connectivity index (χ0n) is 18.7. The molecule has 0 saturated heterocycles. The van der Waals surface area contributed by atoms with Crippen molar-refractivity contribution in [3.63, 3.8) is 0 Å². The molecule has 1 aliphatic carbocycles. The summed E-state index contributed by atoms with van der Waals surface area (Å²) in [6.45, 7) is 4.72. The smallest absolute Gasteiger partial charge is 0.347 e. The quantitative estimate of drug-likeness (QED) is 0.497. The molecule has 5 nitrogen and oxygen atoms in total. The molecule has 0 aliphatic heterocycles. The molecule has 1 N–H and O–H groups in total. The van der Waals surface area contributed by atoms with Gasteiger partial charge in [0.2, 0.25) is 0 Å². The summed E-state index contributed by atoms with van der Waals surface area (Å²) >= 11 is 0. The number of carboxylic acids is 1. The lowest BCUT2D eigenvalue weighted by Crippen LogP contribution is -2.38. The number of fused-ring (bicyclic) bond motifs is 1. The summed E-state index contributed by atoms with van der Waals surface area (Å²) < 4.78 is 25.8. The van der Waals surface area contributed by atoms with Gasteiger partial charge in [0.05, 0.1) is 0 Å². The Balaban J connectivity index is 1.49. The standard InChI is InChI=1S/C27H25FO5/c1-16-10-21(8-9-24(16)33-27(2,3)26(30)31)32-22-13-17(12-20(28)15-22)11-19-14-18-6-4-5-7-23(18)25(19)29/h4-10,12-13,15,19H,11,14H2,1-3H3,(H,30,31). The van der Waals surface area contributed by atoms with Gasteiger partial charge in [-0.1, -0.05) is 24.3 Å². The van der Waals surface area contributed by atoms with Gasteiger partial charge in [0.1, 0.15) is 23.1 Å². The van der Waals surface area contributed by atoms with Gasteiger partial charge in [-0.2, -0.15) is 0 Å². The average molecular weight is 448 g/mol. The lowest BCUT2D eigenvalue weighted by Gasteiger charge is -2.23. The van der Waals surface area contributed by atoms with Crippen LogP contribution in [0.4, 0.5) is 4.39 Å². The third kappa shape index (κ3) is 4.90. The van der Waals surface area contributed by atoms with Crippen LogP contribution in [0.2, 0.25) is 0 Å². The fraction of sp³-hybridized carbons (Fsp3) is 0.259. The van der Waals surface area contributed by atoms with Crippen molar-refractivity contribution < 1.29 is 28.6 Å². The molecule has 4 rings (SSSR count). The van der Waals surface area contributed by atoms with Crippen molar-refractivity contribution in [1.29, 1.82) is 0 Å². The zero-order valence-corrected chi connectivity index (χ0v) is 18.7. The van der Waals surface area contributed by atoms with Gasteiger partial charge < -0.3 is 14.6 Å². The minimum Gasteiger partial charge on any atom is -0.478 e. The van der Waals surface area contributed by atoms with E-state index in [0.717, 1.165) is 11.1 Å². The maximum Gasteiger partial charge on any atom is 0.347 e. The van der Waals surface area contributed by atoms with E-state index in [4.69, 9.17) is 9.47 Å². The number of Topliss-reactive ketones (excluding diaryl/α,β-unsaturated/α-hetero) is 1. The summed E-state index contributed by atoms with van der Waals surface area (Å²) in [7, 11) is 0. The number of carboxylic acid groups (broad SMARTS) is 1. The van der Waals surface area contributed by atoms with Crippen LogP contribution in [0.5, 0.6) is 17.2 Å². The molecule has 33 heavy (non-hydrogen) atoms. The molecule has 0 fully saturated rings. The second kappa shape index (κ2) is 8.70. The van der Waals surface area contributed by atoms with Gasteiger partial charge >= 0.3 is 5.97 Å². The van der Waals surface area contributed by atoms with E-state index in [1.54, 1.807) is 31.2 Å². The Morgan fingerprint density at radius 2 is 1.85 bits per heavy atom. The van der Waals surface area contributed by atoms with Gasteiger partial charge in [0.25, 0.3) is 0 Å². The van der Waals surface area contributed by atoms with E-state index in [1.807, 2.05) is 24.3 Å². The zero-order chi connectivity index (χ0) is 23.8. The molecule has 0 spiro atoms. The van der Waals surface area contributed by atoms with E-state index >= 15 is 0 Å². The van der Waals surface area contributed by atoms with Crippen molar-refractivity contribution in [1.82, 2.24) is 0 Å². The van der Waals surface area contributed by atoms with Crippen LogP contribution in [0.1, 0.15) is 40.9 Å². The van der Waals surface area contributed by atoms with Crippen LogP contribution in [0.15, 0.2) is 60.7 Å². The summed E-state index contributed by atoms with van der Waals surface area (Å²) in [6.07, 6.45) is 1.08. The van der Waals surface area contributed by atoms with Crippen molar-refractivity contribution in [2.24, 2.45) is 5.92 Å². The number of halogens is 1. The van der Waals surface area contributed by atoms with Crippen molar-refractivity contribution in [3.05, 3.63) is 88.7 Å². The molecule has 0 aromatic heterocycles. The Bertz CT molecular complexity index is 1230. The van der Waals surface area contributed by atoms with Crippen LogP contribution in [-0.4, -0.2) is 22.5 Å². The van der Waals surface area contributed by atoms with E-state index in [0.29, 0.717) is 41.2 Å². The van der Waals surface area contributed by atoms with Crippen LogP contribution in [0, 0.1) is 18.7 Å². The fourth-order valence-electron chi connectivity index (χ4n) is 4.02. The molecule has 3 aromatic rings. The summed E-state index contributed by atoms with van der Waals surface area (Å²) in [6, 6.07) is 17.0. The van der Waals surface area contributed by atoms with Crippen molar-refractivity contribution in [3.8, 4) is 17.2 Å². The number of aliphatic carboxylic acids is 1. The van der Waals surface area contributed by atoms with E-state index in [9.17, 15) is 19.1 Å². The number of hydrogen-bond donors (Lipinski definition) is 1. The van der Waals surface area contributed by atoms with Gasteiger partial charge in [-0.05, 0) is 80.6 Å². The lowest BCUT2D eigenvalue weighted by molar-refractivity contribution is -0.152. The molecule has 3 aromatic carbocycles. The minimum atomic E-state index is -1.37. The first-order valence-corrected chi connectivity index (χ1v) is 10.7. The molecule has 1 atom stereocenters. The molecular weight excluding hydrogens is 423 g/mol. The van der Waals surface area contributed by atoms with Gasteiger partial charge in [-0.15, -0.1) is 0 Å². The number of ketones is 1. The summed E-state index contributed by atoms with van der Waals surface area (Å²) in [5.74, 6) is -0.417. The monoisotopic (exact) mass is 448 g/mol. The van der Waals surface area contributed by atoms with Crippen molar-refractivity contribution in [2.75, 3.05) is 0 Å². The number of carbonyl (C=O) groups excluding carboxylic acids is 1. The van der Waals surface area contributed by atoms with Gasteiger partial charge in [0, 0.05) is 17.5 Å². The third-order valence-electron chi connectivity index (χ3n) is 5.80. The van der Waals surface area contributed by atoms with Crippen LogP contribution in [0.3, 0.4) is 0 Å². The van der Waals surface area contributed by atoms with Crippen molar-refractivity contribution in [2.45, 2.75) is 39.2 Å². The molecule has 1 unspecified atom stereocenters. The van der Waals surface area contributed by atoms with Crippen LogP contribution < -0.4 is 9.47 Å². The van der Waals surface area contributed by atoms with Crippen molar-refractivity contribution >= 4 is 11.8 Å². The second-order valence-electron chi connectivity index (χ2n) is 8.87. The number of hydrogen-bond acceptors (Lipinski definition) is 4. The highest BCUT2D eigenvalue weighted by Gasteiger charge is 2.31. The normalized spacial score (nSPS) is 15.3. The second-order valence-corrected chi connectivity index (χ2v) is 8.87. The van der Waals surface area contributed by atoms with Gasteiger partial charge in [0.15, 0.2) is 11.4 Å². The summed E-state index contributed by atoms with van der Waals surface area (Å²) in [5, 5.41) is 9.26. The molecule has 0 saturated carbocycles. The van der Waals surface area contributed by atoms with Crippen LogP contribution >= 0.6 is 0 Å². The highest BCUT2D eigenvalue weighted by Crippen LogP contribution is 2.33. The lowest BCUT2D eigenvalue weighted by atomic mass is 9.95. The Labute approximate surface area is 191 Å². The number of carbonyl (C=O) groups is 2. The Hall–Kier alpha value is -3.67. The van der Waals surface area contributed by atoms with Gasteiger partial charge in [-0.3, -0.25) is 4.79 Å². The Morgan fingerprint density at radius 3 is 2.55 bits per heavy atom. The fourth-order valence-corrected chi connectivity index (χ4v) is 4.02. The van der Waals surface area contributed by atoms with E-state index in [1.165, 1.54) is 26.0 Å². The molecular formula is C27H25FO5. The highest BCUT2D eigenvalue weighted by molar-refractivity contribution is 6.02. The first kappa shape index (κ1) is 22.5. The minimum absolute atomic E-state index is 0.0906. The maximum atomic E-state index is 14.3. The molecule has 0 heterocycles. The number of ether oxygens (including phenoxy) is 2. The van der Waals surface area contributed by atoms with E-state index in [2.05, 4.69) is 0 Å². The average Bonchev–Trinajstić information content (AvgIpc) is 3.05. The summed E-state index contributed by atoms with van der Waals surface area (Å²) in [4.78, 5) is 24.0. The predicted octanol–water partition coefficient (Wildman–Crippen LogP) is 5.77. The molecule has 0 radical (unpaired) electrons. The third-order valence-corrected chi connectivity index (χ3v) is 5.80. The molecule has 6 heteroatoms. The van der Waals surface area contributed by atoms with E-state index in [-0.39, 0.29) is 11.7 Å². The molecule has 0 amide bonds. The van der Waals surface area contributed by atoms with Crippen LogP contribution in [-0.2, 0) is 17.6 Å². The number of benzene rings is 3. The molecule has 0 bridgehead atoms. The molecule has 170 valence electrons. The highest BCUT2D eigenvalue weighted by atomic mass is 19.1. The predicted molar refractivity (Wildman–Crippen MR) is 122 cm³/mol. The Morgan fingerprint density at radius 1 is 1.09 bits per heavy atom. The molecule has 1 aliphatic rings. The first-order chi connectivity index (χ1) is 15.6. The number of aryl methyl sites for hydroxylation is 1. The van der Waals surface area contributed by atoms with Gasteiger partial charge in [-0.25, -0.2) is 9.18 Å². The Kier molecular flexibility index (Phi) is 5.93.